The average Bonchev–Trinajstić information content (AvgIpc) is 2.74. The number of hydrogen-bond donors (Lipinski definition) is 2. The van der Waals surface area contributed by atoms with Crippen LogP contribution in [0.3, 0.4) is 0 Å². The maximum Gasteiger partial charge on any atom is 0.332 e. The Morgan fingerprint density at radius 3 is 2.66 bits per heavy atom. The van der Waals surface area contributed by atoms with Crippen LogP contribution in [0.5, 0.6) is 0 Å². The molecule has 0 saturated carbocycles. The third kappa shape index (κ3) is 5.65. The molecule has 8 nitrogen and oxygen atoms in total. The number of hydrogen-bond acceptors (Lipinski definition) is 6. The van der Waals surface area contributed by atoms with Gasteiger partial charge in [-0.25, -0.2) is 27.3 Å². The van der Waals surface area contributed by atoms with Crippen LogP contribution in [0.4, 0.5) is 14.9 Å². The summed E-state index contributed by atoms with van der Waals surface area (Å²) in [7, 11) is -4.01. The molecule has 0 aliphatic heterocycles. The summed E-state index contributed by atoms with van der Waals surface area (Å²) in [4.78, 5) is 20.4. The highest BCUT2D eigenvalue weighted by Crippen LogP contribution is 2.36. The minimum absolute atomic E-state index is 0.118. The van der Waals surface area contributed by atoms with Gasteiger partial charge < -0.3 is 5.32 Å². The summed E-state index contributed by atoms with van der Waals surface area (Å²) in [6.45, 7) is 3.63. The first kappa shape index (κ1) is 22.8. The molecule has 0 radical (unpaired) electrons. The zero-order valence-corrected chi connectivity index (χ0v) is 18.1. The first-order valence-electron chi connectivity index (χ1n) is 9.59. The number of urea groups is 1. The van der Waals surface area contributed by atoms with E-state index in [0.29, 0.717) is 22.3 Å². The van der Waals surface area contributed by atoms with Crippen LogP contribution in [-0.4, -0.2) is 24.4 Å². The summed E-state index contributed by atoms with van der Waals surface area (Å²) in [6.07, 6.45) is 4.30. The zero-order chi connectivity index (χ0) is 23.3. The molecule has 2 amide bonds. The van der Waals surface area contributed by atoms with Crippen molar-refractivity contribution in [3.8, 4) is 17.2 Å². The molecule has 0 atom stereocenters. The highest BCUT2D eigenvalue weighted by Gasteiger charge is 2.21. The van der Waals surface area contributed by atoms with Gasteiger partial charge in [0.25, 0.3) is 0 Å². The molecule has 2 N–H and O–H groups in total. The summed E-state index contributed by atoms with van der Waals surface area (Å²) in [5.74, 6) is -1.16. The van der Waals surface area contributed by atoms with Crippen LogP contribution in [0, 0.1) is 17.1 Å². The first-order chi connectivity index (χ1) is 15.2. The second-order valence-electron chi connectivity index (χ2n) is 7.29. The molecule has 0 spiro atoms. The second-order valence-corrected chi connectivity index (χ2v) is 9.01. The van der Waals surface area contributed by atoms with Gasteiger partial charge in [-0.2, -0.15) is 5.26 Å². The van der Waals surface area contributed by atoms with E-state index >= 15 is 0 Å². The number of halogens is 1. The molecule has 0 fully saturated rings. The van der Waals surface area contributed by atoms with E-state index in [-0.39, 0.29) is 17.3 Å². The molecular weight excluding hydrogens is 433 g/mol. The Morgan fingerprint density at radius 1 is 1.22 bits per heavy atom. The quantitative estimate of drug-likeness (QED) is 0.583. The predicted octanol–water partition coefficient (Wildman–Crippen LogP) is 3.93. The number of rotatable bonds is 6. The molecule has 0 aliphatic rings. The van der Waals surface area contributed by atoms with Gasteiger partial charge in [-0.1, -0.05) is 19.9 Å². The van der Waals surface area contributed by atoms with E-state index in [1.807, 2.05) is 24.6 Å². The van der Waals surface area contributed by atoms with Crippen molar-refractivity contribution in [1.29, 1.82) is 5.26 Å². The molecule has 10 heteroatoms. The Kier molecular flexibility index (Phi) is 6.80. The number of anilines is 1. The van der Waals surface area contributed by atoms with E-state index in [0.717, 1.165) is 0 Å². The number of aromatic nitrogens is 2. The molecule has 0 saturated heterocycles. The Labute approximate surface area is 185 Å². The van der Waals surface area contributed by atoms with Gasteiger partial charge >= 0.3 is 6.03 Å². The fraction of sp³-hybridized carbons (Fsp3) is 0.182. The number of nitriles is 1. The molecule has 164 valence electrons. The summed E-state index contributed by atoms with van der Waals surface area (Å²) in [5, 5.41) is 11.7. The smallest absolute Gasteiger partial charge is 0.306 e. The number of benzene rings is 1. The van der Waals surface area contributed by atoms with Crippen LogP contribution < -0.4 is 10.0 Å². The van der Waals surface area contributed by atoms with E-state index in [1.54, 1.807) is 18.2 Å². The molecular formula is C22H20FN5O3S. The summed E-state index contributed by atoms with van der Waals surface area (Å²) >= 11 is 0. The Bertz CT molecular complexity index is 1290. The van der Waals surface area contributed by atoms with Crippen LogP contribution in [0.1, 0.15) is 36.6 Å². The summed E-state index contributed by atoms with van der Waals surface area (Å²) < 4.78 is 41.2. The Hall–Kier alpha value is -3.84. The second kappa shape index (κ2) is 9.53. The van der Waals surface area contributed by atoms with Crippen molar-refractivity contribution in [2.24, 2.45) is 0 Å². The van der Waals surface area contributed by atoms with Crippen LogP contribution >= 0.6 is 0 Å². The van der Waals surface area contributed by atoms with Gasteiger partial charge in [0.15, 0.2) is 0 Å². The van der Waals surface area contributed by atoms with Crippen LogP contribution in [0.25, 0.3) is 11.1 Å². The van der Waals surface area contributed by atoms with Gasteiger partial charge in [-0.15, -0.1) is 0 Å². The van der Waals surface area contributed by atoms with Crippen LogP contribution in [0.2, 0.25) is 0 Å². The van der Waals surface area contributed by atoms with Crippen molar-refractivity contribution in [1.82, 2.24) is 14.7 Å². The normalized spacial score (nSPS) is 11.1. The van der Waals surface area contributed by atoms with Crippen molar-refractivity contribution in [3.63, 3.8) is 0 Å². The fourth-order valence-electron chi connectivity index (χ4n) is 3.13. The lowest BCUT2D eigenvalue weighted by molar-refractivity contribution is 0.256. The monoisotopic (exact) mass is 453 g/mol. The number of carbonyl (C=O) groups is 1. The van der Waals surface area contributed by atoms with Crippen LogP contribution in [-0.2, 0) is 15.8 Å². The fourth-order valence-corrected chi connectivity index (χ4v) is 4.14. The van der Waals surface area contributed by atoms with Crippen LogP contribution in [0.15, 0.2) is 55.0 Å². The molecule has 2 aromatic heterocycles. The summed E-state index contributed by atoms with van der Waals surface area (Å²) in [6, 6.07) is 9.62. The largest absolute Gasteiger partial charge is 0.332 e. The van der Waals surface area contributed by atoms with Gasteiger partial charge in [0.05, 0.1) is 11.4 Å². The first-order valence-corrected chi connectivity index (χ1v) is 11.2. The number of nitrogens with one attached hydrogen (secondary N) is 2. The van der Waals surface area contributed by atoms with E-state index in [2.05, 4.69) is 15.3 Å². The predicted molar refractivity (Wildman–Crippen MR) is 117 cm³/mol. The van der Waals surface area contributed by atoms with Gasteiger partial charge in [-0.3, -0.25) is 4.98 Å². The molecule has 1 aromatic carbocycles. The lowest BCUT2D eigenvalue weighted by Gasteiger charge is -2.19. The van der Waals surface area contributed by atoms with E-state index in [9.17, 15) is 17.6 Å². The number of pyridine rings is 2. The lowest BCUT2D eigenvalue weighted by Crippen LogP contribution is -2.35. The van der Waals surface area contributed by atoms with Gasteiger partial charge in [0.2, 0.25) is 10.0 Å². The van der Waals surface area contributed by atoms with Gasteiger partial charge in [0.1, 0.15) is 17.6 Å². The van der Waals surface area contributed by atoms with Gasteiger partial charge in [0, 0.05) is 24.2 Å². The van der Waals surface area contributed by atoms with Crippen molar-refractivity contribution in [2.45, 2.75) is 25.5 Å². The number of amides is 2. The lowest BCUT2D eigenvalue weighted by atomic mass is 9.94. The minimum Gasteiger partial charge on any atom is -0.306 e. The Balaban J connectivity index is 1.95. The molecule has 32 heavy (non-hydrogen) atoms. The topological polar surface area (TPSA) is 125 Å². The van der Waals surface area contributed by atoms with Crippen molar-refractivity contribution >= 4 is 21.7 Å². The number of sulfonamides is 1. The van der Waals surface area contributed by atoms with Gasteiger partial charge in [-0.05, 0) is 52.9 Å². The standard InChI is InChI=1S/C22H20FN5O3S/c1-14(2)19-9-17(23)10-20(16-5-7-26-18(8-16)11-24)21(19)27-22(29)28-32(30,31)13-15-4-3-6-25-12-15/h3-10,12,14H,13H2,1-2H3,(H2,27,28,29). The highest BCUT2D eigenvalue weighted by atomic mass is 32.2. The molecule has 0 bridgehead atoms. The van der Waals surface area contributed by atoms with Crippen molar-refractivity contribution in [3.05, 3.63) is 77.6 Å². The molecule has 2 heterocycles. The van der Waals surface area contributed by atoms with E-state index < -0.39 is 27.6 Å². The number of nitrogens with zero attached hydrogens (tertiary/aromatic N) is 3. The highest BCUT2D eigenvalue weighted by molar-refractivity contribution is 7.89. The van der Waals surface area contributed by atoms with E-state index in [1.165, 1.54) is 36.8 Å². The summed E-state index contributed by atoms with van der Waals surface area (Å²) in [5.41, 5.74) is 1.99. The molecule has 3 aromatic rings. The minimum atomic E-state index is -4.01. The van der Waals surface area contributed by atoms with E-state index in [4.69, 9.17) is 5.26 Å². The molecule has 0 unspecified atom stereocenters. The molecule has 0 aliphatic carbocycles. The maximum atomic E-state index is 14.4. The van der Waals surface area contributed by atoms with Crippen molar-refractivity contribution < 1.29 is 17.6 Å². The Morgan fingerprint density at radius 2 is 2.00 bits per heavy atom. The third-order valence-corrected chi connectivity index (χ3v) is 5.72. The zero-order valence-electron chi connectivity index (χ0n) is 17.3. The maximum absolute atomic E-state index is 14.4. The third-order valence-electron chi connectivity index (χ3n) is 4.51. The molecule has 3 rings (SSSR count). The SMILES string of the molecule is CC(C)c1cc(F)cc(-c2ccnc(C#N)c2)c1NC(=O)NS(=O)(=O)Cc1cccnc1. The average molecular weight is 453 g/mol. The van der Waals surface area contributed by atoms with Crippen molar-refractivity contribution in [2.75, 3.05) is 5.32 Å². The number of carbonyl (C=O) groups excluding carboxylic acids is 1.